The molecule has 0 fully saturated rings. The molecule has 0 spiro atoms. The van der Waals surface area contributed by atoms with Gasteiger partial charge in [0.1, 0.15) is 5.82 Å². The first kappa shape index (κ1) is 16.5. The molecule has 2 amide bonds. The zero-order chi connectivity index (χ0) is 15.8. The van der Waals surface area contributed by atoms with Crippen LogP contribution in [0.1, 0.15) is 11.1 Å². The predicted octanol–water partition coefficient (Wildman–Crippen LogP) is 3.67. The lowest BCUT2D eigenvalue weighted by Gasteiger charge is -2.08. The summed E-state index contributed by atoms with van der Waals surface area (Å²) in [6.07, 6.45) is 1.47. The summed E-state index contributed by atoms with van der Waals surface area (Å²) in [6, 6.07) is 14.1. The van der Waals surface area contributed by atoms with Crippen LogP contribution in [0.15, 0.2) is 53.0 Å². The van der Waals surface area contributed by atoms with Crippen molar-refractivity contribution in [3.63, 3.8) is 0 Å². The van der Waals surface area contributed by atoms with Crippen molar-refractivity contribution in [3.05, 3.63) is 69.9 Å². The Balaban J connectivity index is 1.61. The second-order valence-electron chi connectivity index (χ2n) is 4.94. The minimum atomic E-state index is -0.248. The van der Waals surface area contributed by atoms with E-state index in [0.717, 1.165) is 16.5 Å². The van der Waals surface area contributed by atoms with Crippen LogP contribution < -0.4 is 10.6 Å². The molecular formula is C17H18BrFN2O. The minimum absolute atomic E-state index is 0.181. The smallest absolute Gasteiger partial charge is 0.314 e. The molecule has 2 aromatic rings. The fraction of sp³-hybridized carbons (Fsp3) is 0.235. The second-order valence-corrected chi connectivity index (χ2v) is 5.85. The third-order valence-corrected chi connectivity index (χ3v) is 3.75. The summed E-state index contributed by atoms with van der Waals surface area (Å²) in [5.74, 6) is -0.248. The normalized spacial score (nSPS) is 10.3. The van der Waals surface area contributed by atoms with Crippen molar-refractivity contribution < 1.29 is 9.18 Å². The molecule has 3 nitrogen and oxygen atoms in total. The molecule has 2 aromatic carbocycles. The van der Waals surface area contributed by atoms with Crippen LogP contribution in [-0.4, -0.2) is 19.1 Å². The standard InChI is InChI=1S/C17H18BrFN2O/c18-15-5-1-13(2-6-15)9-11-20-17(22)21-12-10-14-3-7-16(19)8-4-14/h1-8H,9-12H2,(H2,20,21,22). The quantitative estimate of drug-likeness (QED) is 0.806. The SMILES string of the molecule is O=C(NCCc1ccc(F)cc1)NCCc1ccc(Br)cc1. The monoisotopic (exact) mass is 364 g/mol. The van der Waals surface area contributed by atoms with Crippen LogP contribution in [0.3, 0.4) is 0 Å². The Morgan fingerprint density at radius 1 is 0.864 bits per heavy atom. The van der Waals surface area contributed by atoms with Gasteiger partial charge in [-0.25, -0.2) is 9.18 Å². The van der Waals surface area contributed by atoms with Gasteiger partial charge in [-0.2, -0.15) is 0 Å². The van der Waals surface area contributed by atoms with Crippen LogP contribution in [-0.2, 0) is 12.8 Å². The first-order valence-corrected chi connectivity index (χ1v) is 7.93. The Labute approximate surface area is 138 Å². The van der Waals surface area contributed by atoms with Gasteiger partial charge in [-0.1, -0.05) is 40.2 Å². The molecule has 2 rings (SSSR count). The van der Waals surface area contributed by atoms with E-state index in [9.17, 15) is 9.18 Å². The highest BCUT2D eigenvalue weighted by Gasteiger charge is 2.00. The van der Waals surface area contributed by atoms with Gasteiger partial charge >= 0.3 is 6.03 Å². The van der Waals surface area contributed by atoms with Crippen LogP contribution in [0.5, 0.6) is 0 Å². The lowest BCUT2D eigenvalue weighted by Crippen LogP contribution is -2.37. The number of benzene rings is 2. The number of hydrogen-bond donors (Lipinski definition) is 2. The van der Waals surface area contributed by atoms with E-state index in [4.69, 9.17) is 0 Å². The van der Waals surface area contributed by atoms with Gasteiger partial charge in [-0.15, -0.1) is 0 Å². The van der Waals surface area contributed by atoms with Crippen LogP contribution in [0.25, 0.3) is 0 Å². The van der Waals surface area contributed by atoms with Crippen LogP contribution in [0.2, 0.25) is 0 Å². The Morgan fingerprint density at radius 3 is 1.82 bits per heavy atom. The van der Waals surface area contributed by atoms with Crippen molar-refractivity contribution in [2.45, 2.75) is 12.8 Å². The molecule has 5 heteroatoms. The van der Waals surface area contributed by atoms with Crippen LogP contribution in [0, 0.1) is 5.82 Å². The summed E-state index contributed by atoms with van der Waals surface area (Å²) < 4.78 is 13.8. The van der Waals surface area contributed by atoms with Crippen LogP contribution >= 0.6 is 15.9 Å². The molecule has 0 aliphatic carbocycles. The first-order chi connectivity index (χ1) is 10.6. The van der Waals surface area contributed by atoms with Crippen molar-refractivity contribution in [1.29, 1.82) is 0 Å². The fourth-order valence-corrected chi connectivity index (χ4v) is 2.27. The van der Waals surface area contributed by atoms with Gasteiger partial charge in [-0.05, 0) is 48.2 Å². The molecular weight excluding hydrogens is 347 g/mol. The third-order valence-electron chi connectivity index (χ3n) is 3.22. The Bertz CT molecular complexity index is 546. The molecule has 2 N–H and O–H groups in total. The van der Waals surface area contributed by atoms with E-state index in [1.807, 2.05) is 24.3 Å². The number of hydrogen-bond acceptors (Lipinski definition) is 1. The highest BCUT2D eigenvalue weighted by molar-refractivity contribution is 9.10. The molecule has 0 bridgehead atoms. The molecule has 0 aliphatic heterocycles. The van der Waals surface area contributed by atoms with E-state index in [-0.39, 0.29) is 11.8 Å². The Morgan fingerprint density at radius 2 is 1.32 bits per heavy atom. The number of nitrogens with one attached hydrogen (secondary N) is 2. The third kappa shape index (κ3) is 5.85. The second kappa shape index (κ2) is 8.54. The summed E-state index contributed by atoms with van der Waals surface area (Å²) in [4.78, 5) is 11.6. The number of amides is 2. The van der Waals surface area contributed by atoms with E-state index in [0.29, 0.717) is 19.5 Å². The Hall–Kier alpha value is -1.88. The zero-order valence-corrected chi connectivity index (χ0v) is 13.7. The van der Waals surface area contributed by atoms with E-state index in [1.54, 1.807) is 12.1 Å². The molecule has 0 aliphatic rings. The van der Waals surface area contributed by atoms with Crippen molar-refractivity contribution >= 4 is 22.0 Å². The molecule has 0 radical (unpaired) electrons. The largest absolute Gasteiger partial charge is 0.338 e. The summed E-state index contributed by atoms with van der Waals surface area (Å²) in [6.45, 7) is 1.11. The molecule has 0 atom stereocenters. The maximum atomic E-state index is 12.8. The number of carbonyl (C=O) groups is 1. The average Bonchev–Trinajstić information content (AvgIpc) is 2.51. The first-order valence-electron chi connectivity index (χ1n) is 7.14. The molecule has 116 valence electrons. The zero-order valence-electron chi connectivity index (χ0n) is 12.1. The molecule has 0 unspecified atom stereocenters. The summed E-state index contributed by atoms with van der Waals surface area (Å²) in [5, 5.41) is 5.61. The van der Waals surface area contributed by atoms with Gasteiger partial charge in [0.2, 0.25) is 0 Å². The van der Waals surface area contributed by atoms with Gasteiger partial charge in [0.05, 0.1) is 0 Å². The molecule has 0 saturated carbocycles. The minimum Gasteiger partial charge on any atom is -0.338 e. The molecule has 0 saturated heterocycles. The van der Waals surface area contributed by atoms with E-state index in [2.05, 4.69) is 26.6 Å². The number of urea groups is 1. The lowest BCUT2D eigenvalue weighted by atomic mass is 10.1. The van der Waals surface area contributed by atoms with E-state index >= 15 is 0 Å². The highest BCUT2D eigenvalue weighted by atomic mass is 79.9. The van der Waals surface area contributed by atoms with Crippen molar-refractivity contribution in [1.82, 2.24) is 10.6 Å². The van der Waals surface area contributed by atoms with Crippen molar-refractivity contribution in [3.8, 4) is 0 Å². The summed E-state index contributed by atoms with van der Waals surface area (Å²) in [7, 11) is 0. The summed E-state index contributed by atoms with van der Waals surface area (Å²) in [5.41, 5.74) is 2.17. The summed E-state index contributed by atoms with van der Waals surface area (Å²) >= 11 is 3.39. The average molecular weight is 365 g/mol. The fourth-order valence-electron chi connectivity index (χ4n) is 2.01. The molecule has 22 heavy (non-hydrogen) atoms. The van der Waals surface area contributed by atoms with Gasteiger partial charge in [0, 0.05) is 17.6 Å². The number of rotatable bonds is 6. The Kier molecular flexibility index (Phi) is 6.40. The van der Waals surface area contributed by atoms with Gasteiger partial charge in [0.25, 0.3) is 0 Å². The van der Waals surface area contributed by atoms with Gasteiger partial charge in [0.15, 0.2) is 0 Å². The maximum absolute atomic E-state index is 12.8. The predicted molar refractivity (Wildman–Crippen MR) is 89.4 cm³/mol. The van der Waals surface area contributed by atoms with Crippen molar-refractivity contribution in [2.24, 2.45) is 0 Å². The highest BCUT2D eigenvalue weighted by Crippen LogP contribution is 2.10. The molecule has 0 aromatic heterocycles. The van der Waals surface area contributed by atoms with Gasteiger partial charge < -0.3 is 10.6 Å². The van der Waals surface area contributed by atoms with E-state index < -0.39 is 0 Å². The lowest BCUT2D eigenvalue weighted by molar-refractivity contribution is 0.241. The molecule has 0 heterocycles. The van der Waals surface area contributed by atoms with Gasteiger partial charge in [-0.3, -0.25) is 0 Å². The topological polar surface area (TPSA) is 41.1 Å². The number of halogens is 2. The van der Waals surface area contributed by atoms with E-state index in [1.165, 1.54) is 17.7 Å². The van der Waals surface area contributed by atoms with Crippen molar-refractivity contribution in [2.75, 3.05) is 13.1 Å². The van der Waals surface area contributed by atoms with Crippen LogP contribution in [0.4, 0.5) is 9.18 Å². The number of carbonyl (C=O) groups excluding carboxylic acids is 1. The maximum Gasteiger partial charge on any atom is 0.314 e.